The Bertz CT molecular complexity index is 773. The monoisotopic (exact) mass is 336 g/mol. The van der Waals surface area contributed by atoms with E-state index >= 15 is 0 Å². The molecular formula is C20H20N2OS. The van der Waals surface area contributed by atoms with Crippen molar-refractivity contribution >= 4 is 17.2 Å². The molecule has 0 saturated heterocycles. The third-order valence-corrected chi connectivity index (χ3v) is 5.02. The van der Waals surface area contributed by atoms with E-state index in [2.05, 4.69) is 10.3 Å². The van der Waals surface area contributed by atoms with Gasteiger partial charge in [0.15, 0.2) is 0 Å². The van der Waals surface area contributed by atoms with Crippen molar-refractivity contribution in [3.05, 3.63) is 87.4 Å². The van der Waals surface area contributed by atoms with Crippen LogP contribution in [-0.4, -0.2) is 10.9 Å². The molecule has 24 heavy (non-hydrogen) atoms. The van der Waals surface area contributed by atoms with E-state index in [0.29, 0.717) is 6.54 Å². The van der Waals surface area contributed by atoms with E-state index in [1.54, 1.807) is 11.3 Å². The van der Waals surface area contributed by atoms with Crippen molar-refractivity contribution in [3.8, 4) is 0 Å². The maximum Gasteiger partial charge on any atom is 0.232 e. The molecule has 0 unspecified atom stereocenters. The number of nitrogens with zero attached hydrogens (tertiary/aromatic N) is 1. The summed E-state index contributed by atoms with van der Waals surface area (Å²) >= 11 is 1.63. The van der Waals surface area contributed by atoms with E-state index in [1.807, 2.05) is 74.5 Å². The highest BCUT2D eigenvalue weighted by atomic mass is 32.1. The van der Waals surface area contributed by atoms with Crippen LogP contribution in [0.1, 0.15) is 32.6 Å². The van der Waals surface area contributed by atoms with E-state index in [0.717, 1.165) is 26.7 Å². The van der Waals surface area contributed by atoms with E-state index < -0.39 is 0 Å². The molecule has 0 bridgehead atoms. The second-order valence-electron chi connectivity index (χ2n) is 5.71. The summed E-state index contributed by atoms with van der Waals surface area (Å²) in [5.74, 6) is -0.292. The fraction of sp³-hybridized carbons (Fsp3) is 0.200. The van der Waals surface area contributed by atoms with Crippen LogP contribution in [0.3, 0.4) is 0 Å². The van der Waals surface area contributed by atoms with Gasteiger partial charge in [-0.25, -0.2) is 4.98 Å². The predicted molar refractivity (Wildman–Crippen MR) is 98.2 cm³/mol. The van der Waals surface area contributed by atoms with Crippen LogP contribution in [-0.2, 0) is 11.3 Å². The third-order valence-electron chi connectivity index (χ3n) is 3.95. The fourth-order valence-electron chi connectivity index (χ4n) is 2.79. The van der Waals surface area contributed by atoms with Gasteiger partial charge in [0.2, 0.25) is 5.91 Å². The minimum atomic E-state index is -0.304. The lowest BCUT2D eigenvalue weighted by atomic mass is 9.90. The molecule has 0 fully saturated rings. The van der Waals surface area contributed by atoms with Crippen LogP contribution >= 0.6 is 11.3 Å². The molecule has 0 radical (unpaired) electrons. The van der Waals surface area contributed by atoms with Crippen LogP contribution in [0.5, 0.6) is 0 Å². The van der Waals surface area contributed by atoms with Gasteiger partial charge in [-0.1, -0.05) is 60.7 Å². The number of amides is 1. The molecule has 4 heteroatoms. The van der Waals surface area contributed by atoms with Crippen molar-refractivity contribution in [3.63, 3.8) is 0 Å². The molecule has 3 rings (SSSR count). The number of hydrogen-bond acceptors (Lipinski definition) is 3. The largest absolute Gasteiger partial charge is 0.350 e. The van der Waals surface area contributed by atoms with Crippen LogP contribution in [0.15, 0.2) is 60.7 Å². The summed E-state index contributed by atoms with van der Waals surface area (Å²) in [5.41, 5.74) is 2.99. The zero-order chi connectivity index (χ0) is 16.9. The number of thiazole rings is 1. The first-order valence-corrected chi connectivity index (χ1v) is 8.77. The summed E-state index contributed by atoms with van der Waals surface area (Å²) in [6.07, 6.45) is 0. The maximum atomic E-state index is 12.9. The van der Waals surface area contributed by atoms with Crippen molar-refractivity contribution < 1.29 is 4.79 Å². The smallest absolute Gasteiger partial charge is 0.232 e. The van der Waals surface area contributed by atoms with E-state index in [9.17, 15) is 4.79 Å². The molecule has 3 aromatic rings. The Kier molecular flexibility index (Phi) is 5.06. The summed E-state index contributed by atoms with van der Waals surface area (Å²) in [6.45, 7) is 4.49. The SMILES string of the molecule is Cc1nc(C)c(CNC(=O)C(c2ccccc2)c2ccccc2)s1. The fourth-order valence-corrected chi connectivity index (χ4v) is 3.67. The molecule has 0 aliphatic carbocycles. The maximum absolute atomic E-state index is 12.9. The second-order valence-corrected chi connectivity index (χ2v) is 7.00. The van der Waals surface area contributed by atoms with Gasteiger partial charge in [-0.15, -0.1) is 11.3 Å². The van der Waals surface area contributed by atoms with Gasteiger partial charge in [0.05, 0.1) is 23.2 Å². The Morgan fingerprint density at radius 2 is 1.54 bits per heavy atom. The summed E-state index contributed by atoms with van der Waals surface area (Å²) in [7, 11) is 0. The van der Waals surface area contributed by atoms with E-state index in [-0.39, 0.29) is 11.8 Å². The first-order valence-electron chi connectivity index (χ1n) is 7.95. The molecule has 0 aliphatic heterocycles. The van der Waals surface area contributed by atoms with Crippen LogP contribution in [0.2, 0.25) is 0 Å². The standard InChI is InChI=1S/C20H20N2OS/c1-14-18(24-15(2)22-14)13-21-20(23)19(16-9-5-3-6-10-16)17-11-7-4-8-12-17/h3-12,19H,13H2,1-2H3,(H,21,23). The number of benzene rings is 2. The van der Waals surface area contributed by atoms with Crippen molar-refractivity contribution in [1.29, 1.82) is 0 Å². The molecule has 2 aromatic carbocycles. The van der Waals surface area contributed by atoms with Gasteiger partial charge in [-0.3, -0.25) is 4.79 Å². The highest BCUT2D eigenvalue weighted by Crippen LogP contribution is 2.25. The van der Waals surface area contributed by atoms with Crippen LogP contribution < -0.4 is 5.32 Å². The van der Waals surface area contributed by atoms with Crippen molar-refractivity contribution in [1.82, 2.24) is 10.3 Å². The van der Waals surface area contributed by atoms with Crippen molar-refractivity contribution in [2.75, 3.05) is 0 Å². The van der Waals surface area contributed by atoms with Gasteiger partial charge in [0.1, 0.15) is 0 Å². The number of aromatic nitrogens is 1. The van der Waals surface area contributed by atoms with Crippen LogP contribution in [0, 0.1) is 13.8 Å². The zero-order valence-electron chi connectivity index (χ0n) is 13.8. The molecule has 1 amide bonds. The number of aryl methyl sites for hydroxylation is 2. The Hall–Kier alpha value is -2.46. The minimum Gasteiger partial charge on any atom is -0.350 e. The van der Waals surface area contributed by atoms with Crippen LogP contribution in [0.4, 0.5) is 0 Å². The number of rotatable bonds is 5. The van der Waals surface area contributed by atoms with E-state index in [4.69, 9.17) is 0 Å². The van der Waals surface area contributed by atoms with E-state index in [1.165, 1.54) is 0 Å². The average Bonchev–Trinajstić information content (AvgIpc) is 2.93. The summed E-state index contributed by atoms with van der Waals surface area (Å²) in [6, 6.07) is 19.8. The van der Waals surface area contributed by atoms with Gasteiger partial charge >= 0.3 is 0 Å². The topological polar surface area (TPSA) is 42.0 Å². The predicted octanol–water partition coefficient (Wildman–Crippen LogP) is 4.21. The lowest BCUT2D eigenvalue weighted by molar-refractivity contribution is -0.121. The Balaban J connectivity index is 1.83. The molecule has 0 spiro atoms. The summed E-state index contributed by atoms with van der Waals surface area (Å²) in [5, 5.41) is 4.11. The minimum absolute atomic E-state index is 0.0119. The molecule has 0 atom stereocenters. The van der Waals surface area contributed by atoms with Gasteiger partial charge in [-0.2, -0.15) is 0 Å². The first kappa shape index (κ1) is 16.4. The molecule has 0 saturated carbocycles. The van der Waals surface area contributed by atoms with Gasteiger partial charge in [-0.05, 0) is 25.0 Å². The third kappa shape index (κ3) is 3.71. The second kappa shape index (κ2) is 7.41. The molecule has 0 aliphatic rings. The van der Waals surface area contributed by atoms with Crippen molar-refractivity contribution in [2.24, 2.45) is 0 Å². The highest BCUT2D eigenvalue weighted by molar-refractivity contribution is 7.11. The lowest BCUT2D eigenvalue weighted by Crippen LogP contribution is -2.29. The number of hydrogen-bond donors (Lipinski definition) is 1. The molecule has 1 aromatic heterocycles. The quantitative estimate of drug-likeness (QED) is 0.758. The normalized spacial score (nSPS) is 10.8. The number of nitrogens with one attached hydrogen (secondary N) is 1. The highest BCUT2D eigenvalue weighted by Gasteiger charge is 2.22. The molecule has 1 heterocycles. The molecule has 122 valence electrons. The molecule has 3 nitrogen and oxygen atoms in total. The summed E-state index contributed by atoms with van der Waals surface area (Å²) in [4.78, 5) is 18.4. The average molecular weight is 336 g/mol. The summed E-state index contributed by atoms with van der Waals surface area (Å²) < 4.78 is 0. The first-order chi connectivity index (χ1) is 11.6. The number of carbonyl (C=O) groups excluding carboxylic acids is 1. The Labute approximate surface area is 146 Å². The van der Waals surface area contributed by atoms with Gasteiger partial charge < -0.3 is 5.32 Å². The lowest BCUT2D eigenvalue weighted by Gasteiger charge is -2.17. The molecular weight excluding hydrogens is 316 g/mol. The van der Waals surface area contributed by atoms with Crippen LogP contribution in [0.25, 0.3) is 0 Å². The zero-order valence-corrected chi connectivity index (χ0v) is 14.6. The Morgan fingerprint density at radius 1 is 1.00 bits per heavy atom. The van der Waals surface area contributed by atoms with Crippen molar-refractivity contribution in [2.45, 2.75) is 26.3 Å². The van der Waals surface area contributed by atoms with Gasteiger partial charge in [0.25, 0.3) is 0 Å². The number of carbonyl (C=O) groups is 1. The molecule has 1 N–H and O–H groups in total. The Morgan fingerprint density at radius 3 is 2.00 bits per heavy atom. The van der Waals surface area contributed by atoms with Gasteiger partial charge in [0, 0.05) is 4.88 Å².